The number of fused-ring (bicyclic) bond motifs is 1. The molecule has 0 atom stereocenters. The van der Waals surface area contributed by atoms with Crippen LogP contribution in [0.3, 0.4) is 0 Å². The molecule has 3 rings (SSSR count). The van der Waals surface area contributed by atoms with E-state index in [-0.39, 0.29) is 18.1 Å². The van der Waals surface area contributed by atoms with Gasteiger partial charge >= 0.3 is 0 Å². The highest BCUT2D eigenvalue weighted by Gasteiger charge is 2.19. The van der Waals surface area contributed by atoms with Crippen LogP contribution in [-0.4, -0.2) is 51.2 Å². The lowest BCUT2D eigenvalue weighted by Gasteiger charge is -2.28. The number of aromatic nitrogens is 2. The van der Waals surface area contributed by atoms with E-state index >= 15 is 0 Å². The van der Waals surface area contributed by atoms with Gasteiger partial charge in [0.15, 0.2) is 0 Å². The Morgan fingerprint density at radius 3 is 2.75 bits per heavy atom. The zero-order valence-corrected chi connectivity index (χ0v) is 14.4. The molecule has 0 unspecified atom stereocenters. The second kappa shape index (κ2) is 7.32. The second-order valence-electron chi connectivity index (χ2n) is 6.76. The number of hydrogen-bond donors (Lipinski definition) is 2. The first-order valence-corrected chi connectivity index (χ1v) is 8.67. The van der Waals surface area contributed by atoms with E-state index in [0.717, 1.165) is 42.8 Å². The number of carbonyl (C=O) groups is 1. The van der Waals surface area contributed by atoms with E-state index in [1.54, 1.807) is 0 Å². The largest absolute Gasteiger partial charge is 0.393 e. The molecular weight excluding hydrogens is 304 g/mol. The number of rotatable bonds is 5. The van der Waals surface area contributed by atoms with Crippen LogP contribution in [0.1, 0.15) is 38.6 Å². The Morgan fingerprint density at radius 2 is 2.04 bits per heavy atom. The number of carbonyl (C=O) groups excluding carboxylic acids is 1. The highest BCUT2D eigenvalue weighted by Crippen LogP contribution is 2.20. The third kappa shape index (κ3) is 3.76. The van der Waals surface area contributed by atoms with Gasteiger partial charge in [-0.25, -0.2) is 4.98 Å². The average Bonchev–Trinajstić information content (AvgIpc) is 2.93. The number of imidazole rings is 1. The number of para-hydroxylation sites is 2. The molecule has 1 saturated heterocycles. The Morgan fingerprint density at radius 1 is 1.33 bits per heavy atom. The number of amides is 1. The Labute approximate surface area is 142 Å². The van der Waals surface area contributed by atoms with Gasteiger partial charge in [-0.15, -0.1) is 0 Å². The maximum Gasteiger partial charge on any atom is 0.234 e. The lowest BCUT2D eigenvalue weighted by molar-refractivity contribution is -0.123. The van der Waals surface area contributed by atoms with Gasteiger partial charge in [0.05, 0.1) is 30.2 Å². The van der Waals surface area contributed by atoms with Gasteiger partial charge in [-0.3, -0.25) is 9.69 Å². The monoisotopic (exact) mass is 330 g/mol. The van der Waals surface area contributed by atoms with Crippen LogP contribution in [0.4, 0.5) is 0 Å². The Balaban J connectivity index is 1.63. The summed E-state index contributed by atoms with van der Waals surface area (Å²) in [6, 6.07) is 8.34. The van der Waals surface area contributed by atoms with Crippen molar-refractivity contribution in [1.29, 1.82) is 0 Å². The molecule has 0 aliphatic carbocycles. The number of aliphatic hydroxyl groups excluding tert-OH is 1. The van der Waals surface area contributed by atoms with Crippen molar-refractivity contribution >= 4 is 16.9 Å². The predicted octanol–water partition coefficient (Wildman–Crippen LogP) is 1.69. The molecule has 6 nitrogen and oxygen atoms in total. The van der Waals surface area contributed by atoms with Crippen LogP contribution in [0.25, 0.3) is 11.0 Å². The summed E-state index contributed by atoms with van der Waals surface area (Å²) in [7, 11) is 0. The summed E-state index contributed by atoms with van der Waals surface area (Å²) in [6.07, 6.45) is 1.28. The Bertz CT molecular complexity index is 702. The summed E-state index contributed by atoms with van der Waals surface area (Å²) >= 11 is 0. The quantitative estimate of drug-likeness (QED) is 0.875. The predicted molar refractivity (Wildman–Crippen MR) is 93.6 cm³/mol. The lowest BCUT2D eigenvalue weighted by Crippen LogP contribution is -2.42. The molecule has 1 fully saturated rings. The Hall–Kier alpha value is -1.92. The molecule has 0 bridgehead atoms. The zero-order valence-electron chi connectivity index (χ0n) is 14.4. The fourth-order valence-electron chi connectivity index (χ4n) is 3.31. The summed E-state index contributed by atoms with van der Waals surface area (Å²) in [5, 5.41) is 12.5. The smallest absolute Gasteiger partial charge is 0.234 e. The first kappa shape index (κ1) is 16.9. The summed E-state index contributed by atoms with van der Waals surface area (Å²) in [5.41, 5.74) is 2.06. The van der Waals surface area contributed by atoms with Crippen molar-refractivity contribution < 1.29 is 9.90 Å². The standard InChI is InChI=1S/C18H26N4O2/c1-13(2)22-16-6-4-3-5-15(16)20-17(22)11-19-18(24)12-21-9-7-14(23)8-10-21/h3-6,13-14,23H,7-12H2,1-2H3,(H,19,24). The molecule has 1 amide bonds. The minimum atomic E-state index is -0.213. The van der Waals surface area contributed by atoms with E-state index < -0.39 is 0 Å². The van der Waals surface area contributed by atoms with Crippen molar-refractivity contribution in [3.63, 3.8) is 0 Å². The van der Waals surface area contributed by atoms with Gasteiger partial charge in [0.1, 0.15) is 5.82 Å². The molecule has 0 spiro atoms. The highest BCUT2D eigenvalue weighted by molar-refractivity contribution is 5.78. The fraction of sp³-hybridized carbons (Fsp3) is 0.556. The van der Waals surface area contributed by atoms with Crippen molar-refractivity contribution in [3.8, 4) is 0 Å². The number of piperidine rings is 1. The van der Waals surface area contributed by atoms with Crippen LogP contribution < -0.4 is 5.32 Å². The summed E-state index contributed by atoms with van der Waals surface area (Å²) in [6.45, 7) is 6.62. The van der Waals surface area contributed by atoms with Crippen molar-refractivity contribution in [3.05, 3.63) is 30.1 Å². The molecule has 0 saturated carbocycles. The van der Waals surface area contributed by atoms with E-state index in [1.165, 1.54) is 0 Å². The molecule has 1 aromatic carbocycles. The minimum Gasteiger partial charge on any atom is -0.393 e. The summed E-state index contributed by atoms with van der Waals surface area (Å²) in [5.74, 6) is 0.891. The topological polar surface area (TPSA) is 70.4 Å². The molecule has 1 aliphatic heterocycles. The first-order chi connectivity index (χ1) is 11.5. The molecule has 2 N–H and O–H groups in total. The number of nitrogens with zero attached hydrogens (tertiary/aromatic N) is 3. The van der Waals surface area contributed by atoms with Crippen LogP contribution in [0, 0.1) is 0 Å². The maximum absolute atomic E-state index is 12.2. The van der Waals surface area contributed by atoms with Gasteiger partial charge in [-0.1, -0.05) is 12.1 Å². The molecule has 130 valence electrons. The van der Waals surface area contributed by atoms with E-state index in [4.69, 9.17) is 0 Å². The molecule has 1 aromatic heterocycles. The third-order valence-corrected chi connectivity index (χ3v) is 4.55. The van der Waals surface area contributed by atoms with Crippen LogP contribution in [0.15, 0.2) is 24.3 Å². The molecule has 0 radical (unpaired) electrons. The maximum atomic E-state index is 12.2. The molecule has 1 aliphatic rings. The normalized spacial score (nSPS) is 16.8. The number of aliphatic hydroxyl groups is 1. The third-order valence-electron chi connectivity index (χ3n) is 4.55. The van der Waals surface area contributed by atoms with E-state index in [1.807, 2.05) is 18.2 Å². The summed E-state index contributed by atoms with van der Waals surface area (Å²) < 4.78 is 2.17. The SMILES string of the molecule is CC(C)n1c(CNC(=O)CN2CCC(O)CC2)nc2ccccc21. The summed E-state index contributed by atoms with van der Waals surface area (Å²) in [4.78, 5) is 19.0. The second-order valence-corrected chi connectivity index (χ2v) is 6.76. The molecule has 6 heteroatoms. The lowest BCUT2D eigenvalue weighted by atomic mass is 10.1. The van der Waals surface area contributed by atoms with E-state index in [9.17, 15) is 9.90 Å². The molecule has 24 heavy (non-hydrogen) atoms. The van der Waals surface area contributed by atoms with Crippen molar-refractivity contribution in [2.45, 2.75) is 45.4 Å². The number of benzene rings is 1. The van der Waals surface area contributed by atoms with Gasteiger partial charge in [-0.05, 0) is 38.8 Å². The molecule has 2 heterocycles. The number of nitrogens with one attached hydrogen (secondary N) is 1. The van der Waals surface area contributed by atoms with Crippen molar-refractivity contribution in [1.82, 2.24) is 19.8 Å². The number of hydrogen-bond acceptors (Lipinski definition) is 4. The van der Waals surface area contributed by atoms with E-state index in [0.29, 0.717) is 13.1 Å². The van der Waals surface area contributed by atoms with Crippen LogP contribution in [0.2, 0.25) is 0 Å². The van der Waals surface area contributed by atoms with Crippen LogP contribution in [0.5, 0.6) is 0 Å². The van der Waals surface area contributed by atoms with Gasteiger partial charge in [-0.2, -0.15) is 0 Å². The van der Waals surface area contributed by atoms with E-state index in [2.05, 4.69) is 39.7 Å². The van der Waals surface area contributed by atoms with Gasteiger partial charge in [0.2, 0.25) is 5.91 Å². The average molecular weight is 330 g/mol. The first-order valence-electron chi connectivity index (χ1n) is 8.67. The van der Waals surface area contributed by atoms with Crippen LogP contribution >= 0.6 is 0 Å². The van der Waals surface area contributed by atoms with Crippen molar-refractivity contribution in [2.24, 2.45) is 0 Å². The zero-order chi connectivity index (χ0) is 17.1. The van der Waals surface area contributed by atoms with Crippen LogP contribution in [-0.2, 0) is 11.3 Å². The Kier molecular flexibility index (Phi) is 5.16. The van der Waals surface area contributed by atoms with Gasteiger partial charge in [0.25, 0.3) is 0 Å². The van der Waals surface area contributed by atoms with Gasteiger partial charge in [0, 0.05) is 19.1 Å². The molecular formula is C18H26N4O2. The van der Waals surface area contributed by atoms with Gasteiger partial charge < -0.3 is 15.0 Å². The minimum absolute atomic E-state index is 0.00810. The molecule has 2 aromatic rings. The van der Waals surface area contributed by atoms with Crippen molar-refractivity contribution in [2.75, 3.05) is 19.6 Å². The fourth-order valence-corrected chi connectivity index (χ4v) is 3.31. The number of likely N-dealkylation sites (tertiary alicyclic amines) is 1. The highest BCUT2D eigenvalue weighted by atomic mass is 16.3.